The van der Waals surface area contributed by atoms with Crippen LogP contribution in [0, 0.1) is 36.5 Å². The zero-order chi connectivity index (χ0) is 16.4. The van der Waals surface area contributed by atoms with Crippen molar-refractivity contribution in [1.82, 2.24) is 0 Å². The first-order chi connectivity index (χ1) is 10.9. The number of fused-ring (bicyclic) bond motifs is 5. The molecule has 0 radical (unpaired) electrons. The van der Waals surface area contributed by atoms with Crippen molar-refractivity contribution in [2.75, 3.05) is 0 Å². The fraction of sp³-hybridized carbons (Fsp3) is 0.619. The van der Waals surface area contributed by atoms with Crippen LogP contribution in [0.1, 0.15) is 61.6 Å². The Hall–Kier alpha value is -1.46. The lowest BCUT2D eigenvalue weighted by Gasteiger charge is -2.52. The van der Waals surface area contributed by atoms with E-state index < -0.39 is 5.60 Å². The molecule has 2 heteroatoms. The highest BCUT2D eigenvalue weighted by Gasteiger charge is 2.61. The van der Waals surface area contributed by atoms with Gasteiger partial charge < -0.3 is 10.2 Å². The minimum Gasteiger partial charge on any atom is -0.508 e. The van der Waals surface area contributed by atoms with Crippen LogP contribution in [0.15, 0.2) is 12.1 Å². The van der Waals surface area contributed by atoms with Gasteiger partial charge in [-0.15, -0.1) is 6.42 Å². The number of aliphatic hydroxyl groups is 1. The highest BCUT2D eigenvalue weighted by Crippen LogP contribution is 2.64. The summed E-state index contributed by atoms with van der Waals surface area (Å²) in [5.74, 6) is 4.86. The smallest absolute Gasteiger partial charge is 0.130 e. The SMILES string of the molecule is C#C[C@]1(O)CC[C@@H]2[C@@H]3CCc4c(ccc(O)c4C)[C@H]3CC[C@@]21C. The molecule has 0 aromatic heterocycles. The molecule has 23 heavy (non-hydrogen) atoms. The van der Waals surface area contributed by atoms with Crippen LogP contribution in [0.25, 0.3) is 0 Å². The van der Waals surface area contributed by atoms with E-state index in [0.717, 1.165) is 44.1 Å². The molecule has 3 aliphatic rings. The van der Waals surface area contributed by atoms with E-state index in [4.69, 9.17) is 6.42 Å². The van der Waals surface area contributed by atoms with Gasteiger partial charge in [-0.25, -0.2) is 0 Å². The van der Waals surface area contributed by atoms with Gasteiger partial charge in [0, 0.05) is 5.41 Å². The lowest BCUT2D eigenvalue weighted by atomic mass is 9.53. The largest absolute Gasteiger partial charge is 0.508 e. The first-order valence-corrected chi connectivity index (χ1v) is 8.93. The highest BCUT2D eigenvalue weighted by molar-refractivity contribution is 5.47. The molecule has 0 amide bonds. The minimum absolute atomic E-state index is 0.133. The number of hydrogen-bond donors (Lipinski definition) is 2. The number of terminal acetylenes is 1. The van der Waals surface area contributed by atoms with Crippen LogP contribution >= 0.6 is 0 Å². The number of phenols is 1. The number of rotatable bonds is 0. The van der Waals surface area contributed by atoms with Crippen molar-refractivity contribution in [3.05, 3.63) is 28.8 Å². The summed E-state index contributed by atoms with van der Waals surface area (Å²) in [5, 5.41) is 21.0. The molecule has 2 saturated carbocycles. The maximum atomic E-state index is 11.0. The van der Waals surface area contributed by atoms with Crippen molar-refractivity contribution in [1.29, 1.82) is 0 Å². The molecule has 0 bridgehead atoms. The molecule has 3 aliphatic carbocycles. The maximum Gasteiger partial charge on any atom is 0.130 e. The minimum atomic E-state index is -0.923. The Labute approximate surface area is 138 Å². The van der Waals surface area contributed by atoms with E-state index in [0.29, 0.717) is 23.5 Å². The first kappa shape index (κ1) is 15.1. The van der Waals surface area contributed by atoms with E-state index in [2.05, 4.69) is 18.9 Å². The van der Waals surface area contributed by atoms with Crippen LogP contribution in [-0.2, 0) is 6.42 Å². The Morgan fingerprint density at radius 2 is 2.00 bits per heavy atom. The normalized spacial score (nSPS) is 41.6. The zero-order valence-corrected chi connectivity index (χ0v) is 14.1. The summed E-state index contributed by atoms with van der Waals surface area (Å²) in [5.41, 5.74) is 2.80. The summed E-state index contributed by atoms with van der Waals surface area (Å²) in [7, 11) is 0. The van der Waals surface area contributed by atoms with Crippen LogP contribution in [0.5, 0.6) is 5.75 Å². The van der Waals surface area contributed by atoms with Crippen LogP contribution in [0.3, 0.4) is 0 Å². The average molecular weight is 310 g/mol. The Balaban J connectivity index is 1.74. The third-order valence-corrected chi connectivity index (χ3v) is 7.56. The lowest BCUT2D eigenvalue weighted by Crippen LogP contribution is -2.50. The lowest BCUT2D eigenvalue weighted by molar-refractivity contribution is -0.0647. The summed E-state index contributed by atoms with van der Waals surface area (Å²) in [6, 6.07) is 4.00. The topological polar surface area (TPSA) is 40.5 Å². The third-order valence-electron chi connectivity index (χ3n) is 7.56. The molecule has 0 unspecified atom stereocenters. The van der Waals surface area contributed by atoms with Gasteiger partial charge in [-0.1, -0.05) is 18.9 Å². The van der Waals surface area contributed by atoms with E-state index in [1.54, 1.807) is 0 Å². The van der Waals surface area contributed by atoms with Crippen molar-refractivity contribution in [3.63, 3.8) is 0 Å². The van der Waals surface area contributed by atoms with Crippen LogP contribution < -0.4 is 0 Å². The second-order valence-corrected chi connectivity index (χ2v) is 8.19. The number of hydrogen-bond acceptors (Lipinski definition) is 2. The van der Waals surface area contributed by atoms with Crippen molar-refractivity contribution in [2.24, 2.45) is 17.3 Å². The molecule has 5 atom stereocenters. The second-order valence-electron chi connectivity index (χ2n) is 8.19. The molecule has 4 rings (SSSR count). The van der Waals surface area contributed by atoms with Gasteiger partial charge in [0.05, 0.1) is 0 Å². The molecular weight excluding hydrogens is 284 g/mol. The van der Waals surface area contributed by atoms with E-state index >= 15 is 0 Å². The maximum absolute atomic E-state index is 11.0. The monoisotopic (exact) mass is 310 g/mol. The average Bonchev–Trinajstić information content (AvgIpc) is 2.83. The highest BCUT2D eigenvalue weighted by atomic mass is 16.3. The standard InChI is InChI=1S/C21H26O2/c1-4-21(23)12-10-18-17-6-5-14-13(2)19(22)8-7-15(14)16(17)9-11-20(18,21)3/h1,7-8,16-18,22-23H,5-6,9-12H2,2-3H3/t16-,17-,18-,20+,21+/m1/s1. The molecule has 0 heterocycles. The molecule has 1 aromatic carbocycles. The Morgan fingerprint density at radius 1 is 1.22 bits per heavy atom. The summed E-state index contributed by atoms with van der Waals surface area (Å²) in [4.78, 5) is 0. The summed E-state index contributed by atoms with van der Waals surface area (Å²) >= 11 is 0. The Bertz CT molecular complexity index is 701. The van der Waals surface area contributed by atoms with Crippen molar-refractivity contribution in [3.8, 4) is 18.1 Å². The van der Waals surface area contributed by atoms with Crippen LogP contribution in [0.2, 0.25) is 0 Å². The molecule has 1 aromatic rings. The van der Waals surface area contributed by atoms with E-state index in [-0.39, 0.29) is 5.41 Å². The van der Waals surface area contributed by atoms with Crippen LogP contribution in [0.4, 0.5) is 0 Å². The second kappa shape index (κ2) is 4.77. The van der Waals surface area contributed by atoms with Gasteiger partial charge in [-0.3, -0.25) is 0 Å². The van der Waals surface area contributed by atoms with Gasteiger partial charge in [0.25, 0.3) is 0 Å². The van der Waals surface area contributed by atoms with Crippen molar-refractivity contribution >= 4 is 0 Å². The molecule has 0 aliphatic heterocycles. The van der Waals surface area contributed by atoms with Gasteiger partial charge in [0.15, 0.2) is 0 Å². The Morgan fingerprint density at radius 3 is 2.74 bits per heavy atom. The van der Waals surface area contributed by atoms with Gasteiger partial charge in [0.2, 0.25) is 0 Å². The fourth-order valence-corrected chi connectivity index (χ4v) is 6.08. The number of aromatic hydroxyl groups is 1. The van der Waals surface area contributed by atoms with E-state index in [1.807, 2.05) is 13.0 Å². The van der Waals surface area contributed by atoms with Crippen molar-refractivity contribution < 1.29 is 10.2 Å². The number of benzene rings is 1. The number of phenolic OH excluding ortho intramolecular Hbond substituents is 1. The predicted molar refractivity (Wildman–Crippen MR) is 91.2 cm³/mol. The molecule has 122 valence electrons. The molecule has 2 N–H and O–H groups in total. The first-order valence-electron chi connectivity index (χ1n) is 8.93. The molecule has 2 nitrogen and oxygen atoms in total. The van der Waals surface area contributed by atoms with E-state index in [9.17, 15) is 10.2 Å². The Kier molecular flexibility index (Phi) is 3.13. The third kappa shape index (κ3) is 1.81. The molecule has 2 fully saturated rings. The summed E-state index contributed by atoms with van der Waals surface area (Å²) in [6.45, 7) is 4.26. The zero-order valence-electron chi connectivity index (χ0n) is 14.1. The van der Waals surface area contributed by atoms with Gasteiger partial charge in [0.1, 0.15) is 11.4 Å². The van der Waals surface area contributed by atoms with Crippen molar-refractivity contribution in [2.45, 2.75) is 63.9 Å². The summed E-state index contributed by atoms with van der Waals surface area (Å²) < 4.78 is 0. The molecular formula is C21H26O2. The summed E-state index contributed by atoms with van der Waals surface area (Å²) in [6.07, 6.45) is 11.8. The van der Waals surface area contributed by atoms with Gasteiger partial charge in [-0.2, -0.15) is 0 Å². The van der Waals surface area contributed by atoms with E-state index in [1.165, 1.54) is 11.1 Å². The molecule has 0 saturated heterocycles. The van der Waals surface area contributed by atoms with Gasteiger partial charge in [-0.05, 0) is 86.0 Å². The predicted octanol–water partition coefficient (Wildman–Crippen LogP) is 3.92. The molecule has 0 spiro atoms. The quantitative estimate of drug-likeness (QED) is 0.713. The van der Waals surface area contributed by atoms with Gasteiger partial charge >= 0.3 is 0 Å². The van der Waals surface area contributed by atoms with Crippen LogP contribution in [-0.4, -0.2) is 15.8 Å². The fourth-order valence-electron chi connectivity index (χ4n) is 6.08.